The zero-order valence-corrected chi connectivity index (χ0v) is 31.8. The summed E-state index contributed by atoms with van der Waals surface area (Å²) >= 11 is 6.58. The molecule has 2 fully saturated rings. The van der Waals surface area contributed by atoms with E-state index in [1.165, 1.54) is 0 Å². The molecule has 4 aromatic rings. The van der Waals surface area contributed by atoms with Crippen LogP contribution in [0.4, 0.5) is 15.5 Å². The molecular formula is C40H47ClFN5O4Si. The van der Waals surface area contributed by atoms with Crippen molar-refractivity contribution in [3.63, 3.8) is 0 Å². The minimum Gasteiger partial charge on any atom is -0.395 e. The Bertz CT molecular complexity index is 1900. The summed E-state index contributed by atoms with van der Waals surface area (Å²) in [5.41, 5.74) is 2.87. The van der Waals surface area contributed by atoms with Crippen LogP contribution in [-0.2, 0) is 33.0 Å². The number of anilines is 2. The van der Waals surface area contributed by atoms with E-state index in [0.717, 1.165) is 42.5 Å². The van der Waals surface area contributed by atoms with Crippen molar-refractivity contribution < 1.29 is 23.5 Å². The van der Waals surface area contributed by atoms with Crippen molar-refractivity contribution in [3.8, 4) is 0 Å². The number of aryl methyl sites for hydroxylation is 1. The lowest BCUT2D eigenvalue weighted by molar-refractivity contribution is -0.146. The quantitative estimate of drug-likeness (QED) is 0.132. The number of hydrogen-bond donors (Lipinski definition) is 1. The zero-order valence-electron chi connectivity index (χ0n) is 30.0. The second-order valence-corrected chi connectivity index (χ2v) is 19.3. The van der Waals surface area contributed by atoms with Crippen LogP contribution < -0.4 is 9.80 Å². The van der Waals surface area contributed by atoms with Crippen molar-refractivity contribution in [2.75, 3.05) is 23.0 Å². The summed E-state index contributed by atoms with van der Waals surface area (Å²) in [6.07, 6.45) is 6.36. The molecule has 1 N–H and O–H groups in total. The summed E-state index contributed by atoms with van der Waals surface area (Å²) in [6, 6.07) is 23.0. The van der Waals surface area contributed by atoms with Crippen molar-refractivity contribution in [2.45, 2.75) is 94.8 Å². The molecule has 3 aliphatic rings. The van der Waals surface area contributed by atoms with Gasteiger partial charge in [0.1, 0.15) is 0 Å². The number of aliphatic hydroxyl groups excluding tert-OH is 1. The standard InChI is InChI=1S/C40H47ClFN5O4Si/c1-27-38(52(2,3)42)36(20-22-45-25-34(43-44-45)32(26-48)29-11-7-6-8-12-29)51-40(27)33-23-30(41)16-19-35(33)47(39(40)50)24-28-14-17-31(18-15-28)46-21-10-5-4-9-13-37(46)49/h6-8,11-12,14-19,23,25,27,32,36,38,48H,4-5,9-10,13,20-22,24,26H2,1-3H3/t27-,32?,36+,38-,40+/m1/s1. The minimum atomic E-state index is -3.38. The molecule has 1 unspecified atom stereocenters. The second-order valence-electron chi connectivity index (χ2n) is 15.0. The number of rotatable bonds is 10. The number of carbonyl (C=O) groups excluding carboxylic acids is 2. The van der Waals surface area contributed by atoms with Crippen LogP contribution in [0, 0.1) is 5.92 Å². The summed E-state index contributed by atoms with van der Waals surface area (Å²) in [5, 5.41) is 19.3. The first kappa shape index (κ1) is 36.5. The molecule has 0 saturated carbocycles. The summed E-state index contributed by atoms with van der Waals surface area (Å²) in [4.78, 5) is 31.3. The number of aliphatic hydroxyl groups is 1. The Kier molecular flexibility index (Phi) is 10.4. The fraction of sp³-hybridized carbons (Fsp3) is 0.450. The molecule has 2 amide bonds. The van der Waals surface area contributed by atoms with E-state index < -0.39 is 31.6 Å². The van der Waals surface area contributed by atoms with Crippen molar-refractivity contribution in [1.29, 1.82) is 0 Å². The van der Waals surface area contributed by atoms with Gasteiger partial charge in [-0.25, -0.2) is 0 Å². The highest BCUT2D eigenvalue weighted by Crippen LogP contribution is 2.60. The van der Waals surface area contributed by atoms with Gasteiger partial charge in [0.2, 0.25) is 14.3 Å². The van der Waals surface area contributed by atoms with Gasteiger partial charge in [0.25, 0.3) is 5.91 Å². The normalized spacial score (nSPS) is 24.3. The highest BCUT2D eigenvalue weighted by molar-refractivity contribution is 6.72. The van der Waals surface area contributed by atoms with Crippen molar-refractivity contribution >= 4 is 43.2 Å². The molecule has 7 rings (SSSR count). The molecule has 1 aromatic heterocycles. The Morgan fingerprint density at radius 3 is 2.52 bits per heavy atom. The fourth-order valence-corrected chi connectivity index (χ4v) is 11.5. The van der Waals surface area contributed by atoms with E-state index in [4.69, 9.17) is 16.3 Å². The molecular weight excluding hydrogens is 697 g/mol. The molecule has 0 bridgehead atoms. The molecule has 1 spiro atoms. The van der Waals surface area contributed by atoms with Crippen LogP contribution >= 0.6 is 11.6 Å². The van der Waals surface area contributed by atoms with Gasteiger partial charge in [-0.05, 0) is 73.8 Å². The summed E-state index contributed by atoms with van der Waals surface area (Å²) in [6.45, 7) is 6.62. The Hall–Kier alpha value is -3.90. The molecule has 12 heteroatoms. The maximum absolute atomic E-state index is 16.4. The van der Waals surface area contributed by atoms with Gasteiger partial charge < -0.3 is 23.8 Å². The smallest absolute Gasteiger partial charge is 0.264 e. The maximum Gasteiger partial charge on any atom is 0.264 e. The van der Waals surface area contributed by atoms with Crippen molar-refractivity contribution in [3.05, 3.63) is 106 Å². The lowest BCUT2D eigenvalue weighted by Gasteiger charge is -2.31. The first-order valence-corrected chi connectivity index (χ1v) is 21.8. The molecule has 9 nitrogen and oxygen atoms in total. The van der Waals surface area contributed by atoms with Crippen LogP contribution in [-0.4, -0.2) is 59.6 Å². The van der Waals surface area contributed by atoms with Gasteiger partial charge in [-0.2, -0.15) is 0 Å². The average Bonchev–Trinajstić information content (AvgIpc) is 3.77. The molecule has 274 valence electrons. The molecule has 3 aromatic carbocycles. The van der Waals surface area contributed by atoms with Crippen molar-refractivity contribution in [1.82, 2.24) is 15.0 Å². The number of halogens is 2. The van der Waals surface area contributed by atoms with Gasteiger partial charge in [0, 0.05) is 53.4 Å². The van der Waals surface area contributed by atoms with E-state index in [-0.39, 0.29) is 24.3 Å². The van der Waals surface area contributed by atoms with Gasteiger partial charge in [0.05, 0.1) is 36.6 Å². The van der Waals surface area contributed by atoms with E-state index in [2.05, 4.69) is 10.3 Å². The van der Waals surface area contributed by atoms with Crippen LogP contribution in [0.25, 0.3) is 0 Å². The van der Waals surface area contributed by atoms with Crippen LogP contribution in [0.5, 0.6) is 0 Å². The van der Waals surface area contributed by atoms with Crippen LogP contribution in [0.2, 0.25) is 23.7 Å². The zero-order chi connectivity index (χ0) is 36.6. The fourth-order valence-electron chi connectivity index (χ4n) is 8.74. The van der Waals surface area contributed by atoms with Crippen molar-refractivity contribution in [2.24, 2.45) is 5.92 Å². The van der Waals surface area contributed by atoms with E-state index in [9.17, 15) is 14.7 Å². The number of aromatic nitrogens is 3. The lowest BCUT2D eigenvalue weighted by Crippen LogP contribution is -2.45. The van der Waals surface area contributed by atoms with Gasteiger partial charge >= 0.3 is 0 Å². The molecule has 0 aliphatic carbocycles. The number of ether oxygens (including phenoxy) is 1. The second kappa shape index (κ2) is 14.8. The molecule has 2 saturated heterocycles. The summed E-state index contributed by atoms with van der Waals surface area (Å²) < 4.78 is 25.0. The molecule has 52 heavy (non-hydrogen) atoms. The number of nitrogens with zero attached hydrogens (tertiary/aromatic N) is 5. The molecule has 3 aliphatic heterocycles. The molecule has 5 atom stereocenters. The number of benzene rings is 3. The lowest BCUT2D eigenvalue weighted by atomic mass is 9.82. The third-order valence-corrected chi connectivity index (χ3v) is 14.0. The molecule has 4 heterocycles. The van der Waals surface area contributed by atoms with Crippen LogP contribution in [0.1, 0.15) is 73.8 Å². The highest BCUT2D eigenvalue weighted by atomic mass is 35.5. The third-order valence-electron chi connectivity index (χ3n) is 11.3. The average molecular weight is 744 g/mol. The topological polar surface area (TPSA) is 101 Å². The Morgan fingerprint density at radius 1 is 1.04 bits per heavy atom. The molecule has 0 radical (unpaired) electrons. The summed E-state index contributed by atoms with van der Waals surface area (Å²) in [7, 11) is -3.38. The Balaban J connectivity index is 1.14. The number of fused-ring (bicyclic) bond motifs is 2. The number of amides is 2. The van der Waals surface area contributed by atoms with Gasteiger partial charge in [-0.3, -0.25) is 14.3 Å². The van der Waals surface area contributed by atoms with Crippen LogP contribution in [0.3, 0.4) is 0 Å². The minimum absolute atomic E-state index is 0.110. The predicted molar refractivity (Wildman–Crippen MR) is 203 cm³/mol. The number of carbonyl (C=O) groups is 2. The van der Waals surface area contributed by atoms with Gasteiger partial charge in [-0.1, -0.05) is 79.0 Å². The Morgan fingerprint density at radius 2 is 1.79 bits per heavy atom. The van der Waals surface area contributed by atoms with E-state index in [1.807, 2.05) is 78.7 Å². The van der Waals surface area contributed by atoms with E-state index in [0.29, 0.717) is 54.4 Å². The first-order valence-electron chi connectivity index (χ1n) is 18.4. The predicted octanol–water partition coefficient (Wildman–Crippen LogP) is 7.76. The van der Waals surface area contributed by atoms with E-state index >= 15 is 4.11 Å². The number of hydrogen-bond acceptors (Lipinski definition) is 6. The highest BCUT2D eigenvalue weighted by Gasteiger charge is 2.66. The van der Waals surface area contributed by atoms with Crippen LogP contribution in [0.15, 0.2) is 79.0 Å². The first-order chi connectivity index (χ1) is 25.0. The van der Waals surface area contributed by atoms with Gasteiger partial charge in [0.15, 0.2) is 5.60 Å². The Labute approximate surface area is 310 Å². The SMILES string of the molecule is C[C@@H]1[C@@H]([Si](C)(C)F)[C@H](CCn2cc(C(CO)c3ccccc3)nn2)O[C@@]12C(=O)N(Cc1ccc(N3CCCCCCC3=O)cc1)c1ccc(Cl)cc12. The third kappa shape index (κ3) is 6.84. The largest absolute Gasteiger partial charge is 0.395 e. The monoisotopic (exact) mass is 743 g/mol. The maximum atomic E-state index is 16.4. The summed E-state index contributed by atoms with van der Waals surface area (Å²) in [5.74, 6) is -0.839. The van der Waals surface area contributed by atoms with E-state index in [1.54, 1.807) is 34.8 Å². The van der Waals surface area contributed by atoms with Gasteiger partial charge in [-0.15, -0.1) is 5.10 Å².